The molecular weight excluding hydrogens is 433 g/mol. The first-order valence-electron chi connectivity index (χ1n) is 12.4. The van der Waals surface area contributed by atoms with Crippen molar-refractivity contribution in [3.63, 3.8) is 0 Å². The SMILES string of the molecule is Cc1ccc(F)c(-c2ccc(C)c(/N=C/c3ccc(-c4ccc(C5CCCCC5)cc4)nc3)n2)c1. The number of aliphatic imine (C=N–C) groups is 1. The monoisotopic (exact) mass is 463 g/mol. The maximum atomic E-state index is 14.3. The number of pyridine rings is 2. The van der Waals surface area contributed by atoms with E-state index >= 15 is 0 Å². The molecule has 1 fully saturated rings. The Balaban J connectivity index is 1.32. The van der Waals surface area contributed by atoms with Gasteiger partial charge in [0.2, 0.25) is 0 Å². The fraction of sp³-hybridized carbons (Fsp3) is 0.258. The molecule has 0 N–H and O–H groups in total. The summed E-state index contributed by atoms with van der Waals surface area (Å²) >= 11 is 0. The lowest BCUT2D eigenvalue weighted by molar-refractivity contribution is 0.443. The lowest BCUT2D eigenvalue weighted by atomic mass is 9.84. The lowest BCUT2D eigenvalue weighted by Gasteiger charge is -2.22. The van der Waals surface area contributed by atoms with Gasteiger partial charge in [-0.3, -0.25) is 4.98 Å². The molecule has 4 heteroatoms. The van der Waals surface area contributed by atoms with Gasteiger partial charge in [-0.25, -0.2) is 14.4 Å². The average Bonchev–Trinajstić information content (AvgIpc) is 2.91. The van der Waals surface area contributed by atoms with Crippen LogP contribution >= 0.6 is 0 Å². The third-order valence-electron chi connectivity index (χ3n) is 6.87. The Morgan fingerprint density at radius 1 is 0.857 bits per heavy atom. The molecule has 35 heavy (non-hydrogen) atoms. The van der Waals surface area contributed by atoms with Crippen LogP contribution in [0.2, 0.25) is 0 Å². The van der Waals surface area contributed by atoms with E-state index in [1.54, 1.807) is 12.3 Å². The predicted molar refractivity (Wildman–Crippen MR) is 142 cm³/mol. The molecule has 0 saturated heterocycles. The topological polar surface area (TPSA) is 38.1 Å². The van der Waals surface area contributed by atoms with E-state index in [9.17, 15) is 4.39 Å². The second-order valence-corrected chi connectivity index (χ2v) is 9.51. The summed E-state index contributed by atoms with van der Waals surface area (Å²) in [5.41, 5.74) is 7.40. The average molecular weight is 464 g/mol. The highest BCUT2D eigenvalue weighted by molar-refractivity contribution is 5.82. The van der Waals surface area contributed by atoms with Gasteiger partial charge in [-0.2, -0.15) is 0 Å². The van der Waals surface area contributed by atoms with E-state index < -0.39 is 0 Å². The molecule has 0 atom stereocenters. The second kappa shape index (κ2) is 10.3. The molecule has 5 rings (SSSR count). The minimum atomic E-state index is -0.284. The molecule has 2 aromatic carbocycles. The van der Waals surface area contributed by atoms with Crippen molar-refractivity contribution in [1.82, 2.24) is 9.97 Å². The summed E-state index contributed by atoms with van der Waals surface area (Å²) < 4.78 is 14.3. The maximum absolute atomic E-state index is 14.3. The van der Waals surface area contributed by atoms with Crippen LogP contribution in [0.4, 0.5) is 10.2 Å². The van der Waals surface area contributed by atoms with Crippen LogP contribution in [0, 0.1) is 19.7 Å². The predicted octanol–water partition coefficient (Wildman–Crippen LogP) is 8.36. The zero-order valence-electron chi connectivity index (χ0n) is 20.3. The van der Waals surface area contributed by atoms with Crippen molar-refractivity contribution in [2.75, 3.05) is 0 Å². The molecule has 0 unspecified atom stereocenters. The fourth-order valence-electron chi connectivity index (χ4n) is 4.78. The largest absolute Gasteiger partial charge is 0.256 e. The molecule has 0 spiro atoms. The molecule has 1 aliphatic carbocycles. The highest BCUT2D eigenvalue weighted by Crippen LogP contribution is 2.33. The summed E-state index contributed by atoms with van der Waals surface area (Å²) in [5, 5.41) is 0. The Morgan fingerprint density at radius 3 is 2.37 bits per heavy atom. The van der Waals surface area contributed by atoms with Gasteiger partial charge in [0.15, 0.2) is 5.82 Å². The molecule has 1 aliphatic rings. The first-order chi connectivity index (χ1) is 17.1. The number of hydrogen-bond donors (Lipinski definition) is 0. The van der Waals surface area contributed by atoms with Gasteiger partial charge in [0, 0.05) is 29.1 Å². The Hall–Kier alpha value is -3.66. The van der Waals surface area contributed by atoms with Crippen molar-refractivity contribution >= 4 is 12.0 Å². The molecule has 176 valence electrons. The Labute approximate surface area is 206 Å². The van der Waals surface area contributed by atoms with E-state index in [0.717, 1.165) is 27.9 Å². The summed E-state index contributed by atoms with van der Waals surface area (Å²) in [7, 11) is 0. The summed E-state index contributed by atoms with van der Waals surface area (Å²) in [6.45, 7) is 3.90. The molecular formula is C31H30FN3. The Bertz CT molecular complexity index is 1340. The Morgan fingerprint density at radius 2 is 1.63 bits per heavy atom. The summed E-state index contributed by atoms with van der Waals surface area (Å²) in [6.07, 6.45) is 10.3. The minimum Gasteiger partial charge on any atom is -0.256 e. The van der Waals surface area contributed by atoms with Crippen molar-refractivity contribution in [1.29, 1.82) is 0 Å². The highest BCUT2D eigenvalue weighted by Gasteiger charge is 2.15. The van der Waals surface area contributed by atoms with Crippen molar-refractivity contribution in [2.24, 2.45) is 4.99 Å². The molecule has 2 heterocycles. The number of nitrogens with zero attached hydrogens (tertiary/aromatic N) is 3. The van der Waals surface area contributed by atoms with Gasteiger partial charge in [-0.15, -0.1) is 0 Å². The van der Waals surface area contributed by atoms with Gasteiger partial charge in [-0.1, -0.05) is 61.2 Å². The van der Waals surface area contributed by atoms with Crippen LogP contribution in [0.15, 0.2) is 77.9 Å². The fourth-order valence-corrected chi connectivity index (χ4v) is 4.78. The number of hydrogen-bond acceptors (Lipinski definition) is 3. The second-order valence-electron chi connectivity index (χ2n) is 9.51. The first-order valence-corrected chi connectivity index (χ1v) is 12.4. The standard InChI is InChI=1S/C31H30FN3/c1-21-8-15-28(32)27(18-21)30-16-9-22(2)31(35-30)34-20-23-10-17-29(33-19-23)26-13-11-25(12-14-26)24-6-4-3-5-7-24/h8-20,24H,3-7H2,1-2H3/b34-20+. The molecule has 3 nitrogen and oxygen atoms in total. The van der Waals surface area contributed by atoms with Crippen LogP contribution in [-0.2, 0) is 0 Å². The van der Waals surface area contributed by atoms with Crippen molar-refractivity contribution in [3.05, 3.63) is 101 Å². The Kier molecular flexibility index (Phi) is 6.80. The molecule has 0 bridgehead atoms. The van der Waals surface area contributed by atoms with Crippen molar-refractivity contribution < 1.29 is 4.39 Å². The van der Waals surface area contributed by atoms with Gasteiger partial charge in [0.05, 0.1) is 11.4 Å². The van der Waals surface area contributed by atoms with Crippen LogP contribution in [-0.4, -0.2) is 16.2 Å². The lowest BCUT2D eigenvalue weighted by Crippen LogP contribution is -2.04. The van der Waals surface area contributed by atoms with Gasteiger partial charge < -0.3 is 0 Å². The summed E-state index contributed by atoms with van der Waals surface area (Å²) in [6, 6.07) is 21.7. The van der Waals surface area contributed by atoms with Crippen LogP contribution < -0.4 is 0 Å². The van der Waals surface area contributed by atoms with Crippen LogP contribution in [0.5, 0.6) is 0 Å². The summed E-state index contributed by atoms with van der Waals surface area (Å²) in [5.74, 6) is 1.00. The van der Waals surface area contributed by atoms with E-state index in [4.69, 9.17) is 0 Å². The van der Waals surface area contributed by atoms with E-state index in [2.05, 4.69) is 39.2 Å². The van der Waals surface area contributed by atoms with Crippen LogP contribution in [0.1, 0.15) is 60.3 Å². The first kappa shape index (κ1) is 23.1. The van der Waals surface area contributed by atoms with Gasteiger partial charge in [0.1, 0.15) is 5.82 Å². The zero-order valence-corrected chi connectivity index (χ0v) is 20.3. The van der Waals surface area contributed by atoms with Crippen molar-refractivity contribution in [3.8, 4) is 22.5 Å². The zero-order chi connectivity index (χ0) is 24.2. The molecule has 0 amide bonds. The van der Waals surface area contributed by atoms with E-state index in [1.165, 1.54) is 43.7 Å². The van der Waals surface area contributed by atoms with E-state index in [0.29, 0.717) is 23.0 Å². The minimum absolute atomic E-state index is 0.284. The van der Waals surface area contributed by atoms with E-state index in [-0.39, 0.29) is 5.82 Å². The normalized spacial score (nSPS) is 14.5. The molecule has 0 aliphatic heterocycles. The molecule has 4 aromatic rings. The maximum Gasteiger partial charge on any atom is 0.155 e. The quantitative estimate of drug-likeness (QED) is 0.279. The van der Waals surface area contributed by atoms with Gasteiger partial charge in [-0.05, 0) is 74.1 Å². The number of benzene rings is 2. The highest BCUT2D eigenvalue weighted by atomic mass is 19.1. The number of halogens is 1. The number of aryl methyl sites for hydroxylation is 2. The summed E-state index contributed by atoms with van der Waals surface area (Å²) in [4.78, 5) is 13.8. The van der Waals surface area contributed by atoms with Gasteiger partial charge in [0.25, 0.3) is 0 Å². The smallest absolute Gasteiger partial charge is 0.155 e. The molecule has 2 aromatic heterocycles. The van der Waals surface area contributed by atoms with Crippen LogP contribution in [0.3, 0.4) is 0 Å². The molecule has 1 saturated carbocycles. The third-order valence-corrected chi connectivity index (χ3v) is 6.87. The van der Waals surface area contributed by atoms with E-state index in [1.807, 2.05) is 50.4 Å². The number of rotatable bonds is 5. The molecule has 0 radical (unpaired) electrons. The van der Waals surface area contributed by atoms with Crippen molar-refractivity contribution in [2.45, 2.75) is 51.9 Å². The van der Waals surface area contributed by atoms with Gasteiger partial charge >= 0.3 is 0 Å². The number of aromatic nitrogens is 2. The van der Waals surface area contributed by atoms with Crippen LogP contribution in [0.25, 0.3) is 22.5 Å². The third kappa shape index (κ3) is 5.37.